The Balaban J connectivity index is 2.01. The number of phenolic OH excluding ortho intramolecular Hbond substituents is 1. The van der Waals surface area contributed by atoms with Crippen LogP contribution in [0, 0.1) is 12.8 Å². The molecule has 2 N–H and O–H groups in total. The van der Waals surface area contributed by atoms with Gasteiger partial charge in [-0.3, -0.25) is 0 Å². The van der Waals surface area contributed by atoms with Crippen LogP contribution >= 0.6 is 0 Å². The Morgan fingerprint density at radius 1 is 1.46 bits per heavy atom. The molecule has 1 fully saturated rings. The van der Waals surface area contributed by atoms with Gasteiger partial charge in [-0.15, -0.1) is 0 Å². The minimum absolute atomic E-state index is 0.342. The SMILES string of the molecule is Cc1cc(O)ccc1NCC1CC1. The van der Waals surface area contributed by atoms with Gasteiger partial charge in [0.25, 0.3) is 0 Å². The van der Waals surface area contributed by atoms with Gasteiger partial charge >= 0.3 is 0 Å². The molecule has 0 unspecified atom stereocenters. The van der Waals surface area contributed by atoms with Crippen LogP contribution in [0.25, 0.3) is 0 Å². The lowest BCUT2D eigenvalue weighted by atomic mass is 10.2. The van der Waals surface area contributed by atoms with Crippen LogP contribution in [0.3, 0.4) is 0 Å². The van der Waals surface area contributed by atoms with Gasteiger partial charge < -0.3 is 10.4 Å². The maximum Gasteiger partial charge on any atom is 0.115 e. The Morgan fingerprint density at radius 2 is 2.23 bits per heavy atom. The fourth-order valence-corrected chi connectivity index (χ4v) is 1.42. The van der Waals surface area contributed by atoms with E-state index in [0.717, 1.165) is 23.7 Å². The van der Waals surface area contributed by atoms with E-state index >= 15 is 0 Å². The fourth-order valence-electron chi connectivity index (χ4n) is 1.42. The first-order chi connectivity index (χ1) is 6.25. The van der Waals surface area contributed by atoms with E-state index in [1.54, 1.807) is 12.1 Å². The highest BCUT2D eigenvalue weighted by molar-refractivity contribution is 5.53. The minimum atomic E-state index is 0.342. The molecule has 0 heterocycles. The summed E-state index contributed by atoms with van der Waals surface area (Å²) in [6.07, 6.45) is 2.73. The zero-order valence-corrected chi connectivity index (χ0v) is 7.88. The molecule has 0 spiro atoms. The lowest BCUT2D eigenvalue weighted by molar-refractivity contribution is 0.475. The van der Waals surface area contributed by atoms with Crippen molar-refractivity contribution in [1.82, 2.24) is 0 Å². The highest BCUT2D eigenvalue weighted by atomic mass is 16.3. The number of nitrogens with one attached hydrogen (secondary N) is 1. The smallest absolute Gasteiger partial charge is 0.115 e. The molecular weight excluding hydrogens is 162 g/mol. The molecular formula is C11H15NO. The van der Waals surface area contributed by atoms with Crippen molar-refractivity contribution >= 4 is 5.69 Å². The maximum absolute atomic E-state index is 9.20. The van der Waals surface area contributed by atoms with E-state index in [9.17, 15) is 5.11 Å². The summed E-state index contributed by atoms with van der Waals surface area (Å²) in [6, 6.07) is 5.45. The molecule has 0 aliphatic heterocycles. The van der Waals surface area contributed by atoms with E-state index < -0.39 is 0 Å². The van der Waals surface area contributed by atoms with Crippen LogP contribution in [0.15, 0.2) is 18.2 Å². The van der Waals surface area contributed by atoms with E-state index in [-0.39, 0.29) is 0 Å². The molecule has 2 rings (SSSR count). The number of phenols is 1. The second kappa shape index (κ2) is 3.29. The fraction of sp³-hybridized carbons (Fsp3) is 0.455. The van der Waals surface area contributed by atoms with E-state index in [1.807, 2.05) is 13.0 Å². The lowest BCUT2D eigenvalue weighted by Crippen LogP contribution is -2.04. The highest BCUT2D eigenvalue weighted by Crippen LogP contribution is 2.29. The number of aryl methyl sites for hydroxylation is 1. The van der Waals surface area contributed by atoms with Gasteiger partial charge in [-0.2, -0.15) is 0 Å². The molecule has 1 aromatic rings. The summed E-state index contributed by atoms with van der Waals surface area (Å²) < 4.78 is 0. The molecule has 2 nitrogen and oxygen atoms in total. The first kappa shape index (κ1) is 8.42. The molecule has 2 heteroatoms. The molecule has 1 aromatic carbocycles. The summed E-state index contributed by atoms with van der Waals surface area (Å²) in [5.74, 6) is 1.22. The van der Waals surface area contributed by atoms with Gasteiger partial charge in [0.2, 0.25) is 0 Å². The Morgan fingerprint density at radius 3 is 2.85 bits per heavy atom. The molecule has 0 aromatic heterocycles. The number of rotatable bonds is 3. The summed E-state index contributed by atoms with van der Waals surface area (Å²) in [6.45, 7) is 3.08. The number of aromatic hydroxyl groups is 1. The second-order valence-electron chi connectivity index (χ2n) is 3.82. The van der Waals surface area contributed by atoms with Gasteiger partial charge in [-0.05, 0) is 49.4 Å². The monoisotopic (exact) mass is 177 g/mol. The van der Waals surface area contributed by atoms with Crippen LogP contribution in [0.5, 0.6) is 5.75 Å². The number of benzene rings is 1. The van der Waals surface area contributed by atoms with Crippen LogP contribution < -0.4 is 5.32 Å². The second-order valence-corrected chi connectivity index (χ2v) is 3.82. The summed E-state index contributed by atoms with van der Waals surface area (Å²) in [5.41, 5.74) is 2.25. The van der Waals surface area contributed by atoms with Crippen molar-refractivity contribution in [1.29, 1.82) is 0 Å². The van der Waals surface area contributed by atoms with Gasteiger partial charge in [0.05, 0.1) is 0 Å². The van der Waals surface area contributed by atoms with Crippen LogP contribution in [-0.2, 0) is 0 Å². The molecule has 13 heavy (non-hydrogen) atoms. The first-order valence-corrected chi connectivity index (χ1v) is 4.79. The third-order valence-corrected chi connectivity index (χ3v) is 2.49. The van der Waals surface area contributed by atoms with Gasteiger partial charge in [-0.1, -0.05) is 0 Å². The van der Waals surface area contributed by atoms with Crippen LogP contribution in [0.4, 0.5) is 5.69 Å². The van der Waals surface area contributed by atoms with E-state index in [4.69, 9.17) is 0 Å². The standard InChI is InChI=1S/C11H15NO/c1-8-6-10(13)4-5-11(8)12-7-9-2-3-9/h4-6,9,12-13H,2-3,7H2,1H3. The molecule has 0 atom stereocenters. The van der Waals surface area contributed by atoms with E-state index in [0.29, 0.717) is 5.75 Å². The third kappa shape index (κ3) is 2.14. The lowest BCUT2D eigenvalue weighted by Gasteiger charge is -2.08. The predicted octanol–water partition coefficient (Wildman–Crippen LogP) is 2.52. The first-order valence-electron chi connectivity index (χ1n) is 4.79. The van der Waals surface area contributed by atoms with Crippen LogP contribution in [0.2, 0.25) is 0 Å². The Kier molecular flexibility index (Phi) is 2.13. The maximum atomic E-state index is 9.20. The largest absolute Gasteiger partial charge is 0.508 e. The average molecular weight is 177 g/mol. The minimum Gasteiger partial charge on any atom is -0.508 e. The summed E-state index contributed by atoms with van der Waals surface area (Å²) in [7, 11) is 0. The normalized spacial score (nSPS) is 15.8. The van der Waals surface area contributed by atoms with Gasteiger partial charge in [0, 0.05) is 12.2 Å². The third-order valence-electron chi connectivity index (χ3n) is 2.49. The van der Waals surface area contributed by atoms with Crippen molar-refractivity contribution in [3.8, 4) is 5.75 Å². The van der Waals surface area contributed by atoms with Crippen molar-refractivity contribution in [2.24, 2.45) is 5.92 Å². The van der Waals surface area contributed by atoms with Gasteiger partial charge in [-0.25, -0.2) is 0 Å². The quantitative estimate of drug-likeness (QED) is 0.695. The Hall–Kier alpha value is -1.18. The van der Waals surface area contributed by atoms with E-state index in [2.05, 4.69) is 5.32 Å². The van der Waals surface area contributed by atoms with E-state index in [1.165, 1.54) is 12.8 Å². The molecule has 0 bridgehead atoms. The highest BCUT2D eigenvalue weighted by Gasteiger charge is 2.20. The zero-order chi connectivity index (χ0) is 9.26. The summed E-state index contributed by atoms with van der Waals surface area (Å²) >= 11 is 0. The number of hydrogen-bond donors (Lipinski definition) is 2. The topological polar surface area (TPSA) is 32.3 Å². The molecule has 0 radical (unpaired) electrons. The van der Waals surface area contributed by atoms with Crippen molar-refractivity contribution in [2.45, 2.75) is 19.8 Å². The van der Waals surface area contributed by atoms with Crippen molar-refractivity contribution in [2.75, 3.05) is 11.9 Å². The van der Waals surface area contributed by atoms with Gasteiger partial charge in [0.1, 0.15) is 5.75 Å². The van der Waals surface area contributed by atoms with Crippen LogP contribution in [0.1, 0.15) is 18.4 Å². The Labute approximate surface area is 78.6 Å². The molecule has 1 aliphatic rings. The molecule has 1 aliphatic carbocycles. The zero-order valence-electron chi connectivity index (χ0n) is 7.88. The average Bonchev–Trinajstić information content (AvgIpc) is 2.86. The van der Waals surface area contributed by atoms with Crippen molar-refractivity contribution in [3.05, 3.63) is 23.8 Å². The van der Waals surface area contributed by atoms with Crippen LogP contribution in [-0.4, -0.2) is 11.7 Å². The van der Waals surface area contributed by atoms with Crippen molar-refractivity contribution in [3.63, 3.8) is 0 Å². The van der Waals surface area contributed by atoms with Crippen molar-refractivity contribution < 1.29 is 5.11 Å². The van der Waals surface area contributed by atoms with Gasteiger partial charge in [0.15, 0.2) is 0 Å². The summed E-state index contributed by atoms with van der Waals surface area (Å²) in [5, 5.41) is 12.6. The number of hydrogen-bond acceptors (Lipinski definition) is 2. The molecule has 0 amide bonds. The molecule has 1 saturated carbocycles. The predicted molar refractivity (Wildman–Crippen MR) is 54.1 cm³/mol. The Bertz CT molecular complexity index is 305. The number of anilines is 1. The molecule has 70 valence electrons. The molecule has 0 saturated heterocycles. The summed E-state index contributed by atoms with van der Waals surface area (Å²) in [4.78, 5) is 0.